The molecule has 0 aromatic carbocycles. The first kappa shape index (κ1) is 9.73. The molecule has 2 amide bonds. The largest absolute Gasteiger partial charge is 0.379 e. The highest BCUT2D eigenvalue weighted by atomic mass is 16.5. The first-order chi connectivity index (χ1) is 6.77. The zero-order chi connectivity index (χ0) is 9.97. The lowest BCUT2D eigenvalue weighted by Gasteiger charge is -2.36. The summed E-state index contributed by atoms with van der Waals surface area (Å²) >= 11 is 0. The SMILES string of the molecule is CN(C(=O)NC1CCOC1)C1CNC1. The van der Waals surface area contributed by atoms with E-state index in [-0.39, 0.29) is 12.1 Å². The summed E-state index contributed by atoms with van der Waals surface area (Å²) in [4.78, 5) is 13.4. The van der Waals surface area contributed by atoms with Crippen LogP contribution in [0.2, 0.25) is 0 Å². The van der Waals surface area contributed by atoms with Crippen LogP contribution in [0, 0.1) is 0 Å². The van der Waals surface area contributed by atoms with Gasteiger partial charge in [0.1, 0.15) is 0 Å². The molecular weight excluding hydrogens is 182 g/mol. The Morgan fingerprint density at radius 3 is 2.86 bits per heavy atom. The molecule has 5 nitrogen and oxygen atoms in total. The van der Waals surface area contributed by atoms with Gasteiger partial charge in [-0.15, -0.1) is 0 Å². The van der Waals surface area contributed by atoms with E-state index in [9.17, 15) is 4.79 Å². The quantitative estimate of drug-likeness (QED) is 0.623. The van der Waals surface area contributed by atoms with Gasteiger partial charge in [0.05, 0.1) is 18.7 Å². The highest BCUT2D eigenvalue weighted by Crippen LogP contribution is 2.06. The van der Waals surface area contributed by atoms with Crippen LogP contribution in [0.15, 0.2) is 0 Å². The summed E-state index contributed by atoms with van der Waals surface area (Å²) in [5.74, 6) is 0. The van der Waals surface area contributed by atoms with Crippen molar-refractivity contribution in [3.05, 3.63) is 0 Å². The molecule has 0 aromatic heterocycles. The molecular formula is C9H17N3O2. The number of urea groups is 1. The van der Waals surface area contributed by atoms with Gasteiger partial charge in [-0.1, -0.05) is 0 Å². The summed E-state index contributed by atoms with van der Waals surface area (Å²) in [6.45, 7) is 3.23. The Hall–Kier alpha value is -0.810. The fourth-order valence-electron chi connectivity index (χ4n) is 1.64. The summed E-state index contributed by atoms with van der Waals surface area (Å²) in [6.07, 6.45) is 0.933. The second-order valence-corrected chi connectivity index (χ2v) is 3.93. The Labute approximate surface area is 83.8 Å². The molecule has 2 N–H and O–H groups in total. The Balaban J connectivity index is 1.75. The smallest absolute Gasteiger partial charge is 0.317 e. The third-order valence-electron chi connectivity index (χ3n) is 2.89. The lowest BCUT2D eigenvalue weighted by Crippen LogP contribution is -2.60. The maximum absolute atomic E-state index is 11.7. The maximum atomic E-state index is 11.7. The first-order valence-corrected chi connectivity index (χ1v) is 5.09. The van der Waals surface area contributed by atoms with Gasteiger partial charge in [0, 0.05) is 26.7 Å². The molecule has 0 aliphatic carbocycles. The summed E-state index contributed by atoms with van der Waals surface area (Å²) < 4.78 is 5.19. The van der Waals surface area contributed by atoms with Crippen LogP contribution in [0.25, 0.3) is 0 Å². The summed E-state index contributed by atoms with van der Waals surface area (Å²) in [6, 6.07) is 0.585. The zero-order valence-electron chi connectivity index (χ0n) is 8.45. The molecule has 5 heteroatoms. The standard InChI is InChI=1S/C9H17N3O2/c1-12(8-4-10-5-8)9(13)11-7-2-3-14-6-7/h7-8,10H,2-6H2,1H3,(H,11,13). The Kier molecular flexibility index (Phi) is 2.88. The predicted octanol–water partition coefficient (Wildman–Crippen LogP) is -0.611. The number of nitrogens with zero attached hydrogens (tertiary/aromatic N) is 1. The number of rotatable bonds is 2. The number of carbonyl (C=O) groups is 1. The average Bonchev–Trinajstić information content (AvgIpc) is 2.53. The van der Waals surface area contributed by atoms with E-state index in [1.807, 2.05) is 7.05 Å². The highest BCUT2D eigenvalue weighted by molar-refractivity contribution is 5.74. The molecule has 0 saturated carbocycles. The summed E-state index contributed by atoms with van der Waals surface area (Å²) in [5, 5.41) is 6.11. The van der Waals surface area contributed by atoms with Crippen LogP contribution in [0.5, 0.6) is 0 Å². The zero-order valence-corrected chi connectivity index (χ0v) is 8.45. The van der Waals surface area contributed by atoms with Gasteiger partial charge in [-0.05, 0) is 6.42 Å². The molecule has 0 radical (unpaired) electrons. The van der Waals surface area contributed by atoms with Crippen molar-refractivity contribution in [2.45, 2.75) is 18.5 Å². The van der Waals surface area contributed by atoms with Crippen molar-refractivity contribution in [2.75, 3.05) is 33.4 Å². The normalized spacial score (nSPS) is 27.1. The van der Waals surface area contributed by atoms with E-state index in [1.165, 1.54) is 0 Å². The Bertz CT molecular complexity index is 212. The Morgan fingerprint density at radius 2 is 2.36 bits per heavy atom. The van der Waals surface area contributed by atoms with Gasteiger partial charge in [-0.25, -0.2) is 4.79 Å². The van der Waals surface area contributed by atoms with Gasteiger partial charge in [0.25, 0.3) is 0 Å². The van der Waals surface area contributed by atoms with Crippen LogP contribution in [-0.2, 0) is 4.74 Å². The molecule has 2 rings (SSSR count). The van der Waals surface area contributed by atoms with Crippen LogP contribution in [0.3, 0.4) is 0 Å². The molecule has 1 atom stereocenters. The van der Waals surface area contributed by atoms with Gasteiger partial charge in [0.15, 0.2) is 0 Å². The van der Waals surface area contributed by atoms with E-state index in [4.69, 9.17) is 4.74 Å². The van der Waals surface area contributed by atoms with E-state index >= 15 is 0 Å². The van der Waals surface area contributed by atoms with Crippen LogP contribution < -0.4 is 10.6 Å². The number of likely N-dealkylation sites (N-methyl/N-ethyl adjacent to an activating group) is 1. The molecule has 0 spiro atoms. The van der Waals surface area contributed by atoms with Crippen molar-refractivity contribution in [2.24, 2.45) is 0 Å². The number of hydrogen-bond donors (Lipinski definition) is 2. The van der Waals surface area contributed by atoms with Crippen molar-refractivity contribution in [1.29, 1.82) is 0 Å². The predicted molar refractivity (Wildman–Crippen MR) is 52.2 cm³/mol. The second-order valence-electron chi connectivity index (χ2n) is 3.93. The number of hydrogen-bond acceptors (Lipinski definition) is 3. The van der Waals surface area contributed by atoms with Crippen molar-refractivity contribution in [3.8, 4) is 0 Å². The van der Waals surface area contributed by atoms with E-state index < -0.39 is 0 Å². The van der Waals surface area contributed by atoms with E-state index in [0.29, 0.717) is 12.6 Å². The van der Waals surface area contributed by atoms with Gasteiger partial charge < -0.3 is 20.3 Å². The molecule has 1 unspecified atom stereocenters. The lowest BCUT2D eigenvalue weighted by molar-refractivity contribution is 0.159. The maximum Gasteiger partial charge on any atom is 0.317 e. The molecule has 2 aliphatic rings. The number of carbonyl (C=O) groups excluding carboxylic acids is 1. The monoisotopic (exact) mass is 199 g/mol. The average molecular weight is 199 g/mol. The fourth-order valence-corrected chi connectivity index (χ4v) is 1.64. The van der Waals surface area contributed by atoms with E-state index in [2.05, 4.69) is 10.6 Å². The topological polar surface area (TPSA) is 53.6 Å². The molecule has 2 aliphatic heterocycles. The van der Waals surface area contributed by atoms with Gasteiger partial charge in [-0.2, -0.15) is 0 Å². The number of nitrogens with one attached hydrogen (secondary N) is 2. The van der Waals surface area contributed by atoms with Crippen molar-refractivity contribution in [1.82, 2.24) is 15.5 Å². The van der Waals surface area contributed by atoms with Gasteiger partial charge in [0.2, 0.25) is 0 Å². The molecule has 0 bridgehead atoms. The van der Waals surface area contributed by atoms with Gasteiger partial charge in [-0.3, -0.25) is 0 Å². The minimum atomic E-state index is 0.0204. The molecule has 80 valence electrons. The van der Waals surface area contributed by atoms with Gasteiger partial charge >= 0.3 is 6.03 Å². The van der Waals surface area contributed by atoms with Crippen molar-refractivity contribution >= 4 is 6.03 Å². The number of ether oxygens (including phenoxy) is 1. The fraction of sp³-hybridized carbons (Fsp3) is 0.889. The molecule has 2 fully saturated rings. The summed E-state index contributed by atoms with van der Waals surface area (Å²) in [5.41, 5.74) is 0. The van der Waals surface area contributed by atoms with Crippen LogP contribution in [0.1, 0.15) is 6.42 Å². The Morgan fingerprint density at radius 1 is 1.57 bits per heavy atom. The molecule has 14 heavy (non-hydrogen) atoms. The molecule has 2 saturated heterocycles. The van der Waals surface area contributed by atoms with Crippen LogP contribution in [0.4, 0.5) is 4.79 Å². The van der Waals surface area contributed by atoms with Crippen molar-refractivity contribution in [3.63, 3.8) is 0 Å². The number of amides is 2. The summed E-state index contributed by atoms with van der Waals surface area (Å²) in [7, 11) is 1.84. The highest BCUT2D eigenvalue weighted by Gasteiger charge is 2.27. The molecule has 0 aromatic rings. The van der Waals surface area contributed by atoms with Crippen LogP contribution in [-0.4, -0.2) is 56.4 Å². The van der Waals surface area contributed by atoms with Crippen molar-refractivity contribution < 1.29 is 9.53 Å². The van der Waals surface area contributed by atoms with Crippen LogP contribution >= 0.6 is 0 Å². The third-order valence-corrected chi connectivity index (χ3v) is 2.89. The lowest BCUT2D eigenvalue weighted by atomic mass is 10.1. The van der Waals surface area contributed by atoms with E-state index in [0.717, 1.165) is 26.1 Å². The second kappa shape index (κ2) is 4.14. The minimum Gasteiger partial charge on any atom is -0.379 e. The minimum absolute atomic E-state index is 0.0204. The molecule has 2 heterocycles. The first-order valence-electron chi connectivity index (χ1n) is 5.09. The van der Waals surface area contributed by atoms with E-state index in [1.54, 1.807) is 4.90 Å². The third kappa shape index (κ3) is 1.99.